The fraction of sp³-hybridized carbons (Fsp3) is 0.231. The van der Waals surface area contributed by atoms with Gasteiger partial charge in [0.1, 0.15) is 0 Å². The van der Waals surface area contributed by atoms with Gasteiger partial charge in [-0.1, -0.05) is 29.5 Å². The number of nitrogen functional groups attached to an aromatic ring is 1. The van der Waals surface area contributed by atoms with E-state index in [0.29, 0.717) is 28.6 Å². The summed E-state index contributed by atoms with van der Waals surface area (Å²) in [6.07, 6.45) is 0. The molecule has 0 bridgehead atoms. The normalized spacial score (nSPS) is 11.0. The van der Waals surface area contributed by atoms with Crippen LogP contribution in [-0.2, 0) is 12.8 Å². The van der Waals surface area contributed by atoms with Crippen molar-refractivity contribution in [2.75, 3.05) is 5.73 Å². The van der Waals surface area contributed by atoms with E-state index in [0.717, 1.165) is 11.1 Å². The molecule has 0 amide bonds. The minimum absolute atomic E-state index is 0.378. The Kier molecular flexibility index (Phi) is 3.61. The van der Waals surface area contributed by atoms with Gasteiger partial charge in [-0.15, -0.1) is 20.4 Å². The molecule has 21 heavy (non-hydrogen) atoms. The van der Waals surface area contributed by atoms with Crippen LogP contribution < -0.4 is 5.73 Å². The van der Waals surface area contributed by atoms with Crippen LogP contribution in [0.25, 0.3) is 11.5 Å². The van der Waals surface area contributed by atoms with Gasteiger partial charge in [-0.05, 0) is 19.1 Å². The molecule has 1 aromatic carbocycles. The highest BCUT2D eigenvalue weighted by molar-refractivity contribution is 7.98. The highest BCUT2D eigenvalue weighted by atomic mass is 32.2. The standard InChI is InChI=1S/C13H14N6OS/c1-8-4-3-5-9(6-8)11-16-15-10(20-11)7-21-13-18-17-12(14)19(13)2/h3-6H,7H2,1-2H3,(H2,14,17). The van der Waals surface area contributed by atoms with Crippen LogP contribution in [0.1, 0.15) is 11.5 Å². The summed E-state index contributed by atoms with van der Waals surface area (Å²) < 4.78 is 7.37. The van der Waals surface area contributed by atoms with E-state index in [1.54, 1.807) is 4.57 Å². The molecule has 3 aromatic rings. The molecule has 2 heterocycles. The molecule has 0 aliphatic rings. The van der Waals surface area contributed by atoms with Gasteiger partial charge < -0.3 is 10.2 Å². The van der Waals surface area contributed by atoms with Crippen molar-refractivity contribution in [2.45, 2.75) is 17.8 Å². The van der Waals surface area contributed by atoms with E-state index in [-0.39, 0.29) is 0 Å². The van der Waals surface area contributed by atoms with Crippen molar-refractivity contribution in [3.8, 4) is 11.5 Å². The van der Waals surface area contributed by atoms with Crippen LogP contribution in [0.3, 0.4) is 0 Å². The van der Waals surface area contributed by atoms with Crippen molar-refractivity contribution >= 4 is 17.7 Å². The molecule has 0 fully saturated rings. The van der Waals surface area contributed by atoms with E-state index in [2.05, 4.69) is 20.4 Å². The lowest BCUT2D eigenvalue weighted by Crippen LogP contribution is -1.98. The lowest BCUT2D eigenvalue weighted by atomic mass is 10.1. The second-order valence-corrected chi connectivity index (χ2v) is 5.50. The molecule has 2 aromatic heterocycles. The fourth-order valence-electron chi connectivity index (χ4n) is 1.78. The van der Waals surface area contributed by atoms with E-state index < -0.39 is 0 Å². The molecule has 0 saturated heterocycles. The monoisotopic (exact) mass is 302 g/mol. The van der Waals surface area contributed by atoms with Crippen molar-refractivity contribution in [3.05, 3.63) is 35.7 Å². The summed E-state index contributed by atoms with van der Waals surface area (Å²) in [6.45, 7) is 2.02. The maximum absolute atomic E-state index is 5.66. The molecule has 0 atom stereocenters. The zero-order chi connectivity index (χ0) is 14.8. The van der Waals surface area contributed by atoms with Crippen LogP contribution in [0.4, 0.5) is 5.95 Å². The van der Waals surface area contributed by atoms with Crippen LogP contribution in [0.5, 0.6) is 0 Å². The molecule has 3 rings (SSSR count). The Morgan fingerprint density at radius 2 is 2.10 bits per heavy atom. The van der Waals surface area contributed by atoms with Gasteiger partial charge in [0.2, 0.25) is 17.7 Å². The summed E-state index contributed by atoms with van der Waals surface area (Å²) >= 11 is 1.45. The molecule has 0 saturated carbocycles. The Labute approximate surface area is 125 Å². The quantitative estimate of drug-likeness (QED) is 0.737. The predicted molar refractivity (Wildman–Crippen MR) is 79.4 cm³/mol. The Bertz CT molecular complexity index is 766. The van der Waals surface area contributed by atoms with E-state index in [9.17, 15) is 0 Å². The maximum atomic E-state index is 5.66. The van der Waals surface area contributed by atoms with E-state index >= 15 is 0 Å². The third-order valence-electron chi connectivity index (χ3n) is 2.93. The number of nitrogens with zero attached hydrogens (tertiary/aromatic N) is 5. The number of thioether (sulfide) groups is 1. The zero-order valence-corrected chi connectivity index (χ0v) is 12.5. The largest absolute Gasteiger partial charge is 0.420 e. The minimum atomic E-state index is 0.378. The molecule has 8 heteroatoms. The zero-order valence-electron chi connectivity index (χ0n) is 11.6. The van der Waals surface area contributed by atoms with Gasteiger partial charge in [-0.2, -0.15) is 0 Å². The number of anilines is 1. The lowest BCUT2D eigenvalue weighted by Gasteiger charge is -1.98. The predicted octanol–water partition coefficient (Wildman–Crippen LogP) is 2.05. The second-order valence-electron chi connectivity index (χ2n) is 4.56. The molecule has 108 valence electrons. The Morgan fingerprint density at radius 1 is 1.24 bits per heavy atom. The third kappa shape index (κ3) is 2.89. The van der Waals surface area contributed by atoms with Crippen molar-refractivity contribution in [1.82, 2.24) is 25.0 Å². The van der Waals surface area contributed by atoms with Gasteiger partial charge in [0.25, 0.3) is 0 Å². The van der Waals surface area contributed by atoms with Crippen LogP contribution in [0.15, 0.2) is 33.8 Å². The van der Waals surface area contributed by atoms with Crippen molar-refractivity contribution in [1.29, 1.82) is 0 Å². The van der Waals surface area contributed by atoms with Gasteiger partial charge in [0, 0.05) is 12.6 Å². The molecule has 2 N–H and O–H groups in total. The number of hydrogen-bond acceptors (Lipinski definition) is 7. The summed E-state index contributed by atoms with van der Waals surface area (Å²) in [5.41, 5.74) is 7.70. The van der Waals surface area contributed by atoms with Gasteiger partial charge in [0.15, 0.2) is 5.16 Å². The SMILES string of the molecule is Cc1cccc(-c2nnc(CSc3nnc(N)n3C)o2)c1. The molecule has 0 unspecified atom stereocenters. The van der Waals surface area contributed by atoms with Crippen molar-refractivity contribution < 1.29 is 4.42 Å². The summed E-state index contributed by atoms with van der Waals surface area (Å²) in [4.78, 5) is 0. The molecular formula is C13H14N6OS. The summed E-state index contributed by atoms with van der Waals surface area (Å²) in [6, 6.07) is 7.94. The molecule has 0 aliphatic carbocycles. The summed E-state index contributed by atoms with van der Waals surface area (Å²) in [5.74, 6) is 1.96. The number of hydrogen-bond donors (Lipinski definition) is 1. The Hall–Kier alpha value is -2.35. The summed E-state index contributed by atoms with van der Waals surface area (Å²) in [5, 5.41) is 16.6. The first kappa shape index (κ1) is 13.6. The van der Waals surface area contributed by atoms with E-state index in [1.807, 2.05) is 38.2 Å². The van der Waals surface area contributed by atoms with Crippen molar-refractivity contribution in [2.24, 2.45) is 7.05 Å². The van der Waals surface area contributed by atoms with Gasteiger partial charge in [0.05, 0.1) is 5.75 Å². The number of aryl methyl sites for hydroxylation is 1. The van der Waals surface area contributed by atoms with Gasteiger partial charge in [-0.25, -0.2) is 0 Å². The lowest BCUT2D eigenvalue weighted by molar-refractivity contribution is 0.528. The van der Waals surface area contributed by atoms with Gasteiger partial charge in [-0.3, -0.25) is 4.57 Å². The highest BCUT2D eigenvalue weighted by Crippen LogP contribution is 2.24. The highest BCUT2D eigenvalue weighted by Gasteiger charge is 2.11. The molecule has 7 nitrogen and oxygen atoms in total. The van der Waals surface area contributed by atoms with Crippen LogP contribution >= 0.6 is 11.8 Å². The summed E-state index contributed by atoms with van der Waals surface area (Å²) in [7, 11) is 1.81. The fourth-order valence-corrected chi connectivity index (χ4v) is 2.54. The van der Waals surface area contributed by atoms with Gasteiger partial charge >= 0.3 is 0 Å². The average Bonchev–Trinajstić information content (AvgIpc) is 3.06. The van der Waals surface area contributed by atoms with E-state index in [1.165, 1.54) is 11.8 Å². The number of benzene rings is 1. The number of nitrogens with two attached hydrogens (primary N) is 1. The molecule has 0 spiro atoms. The van der Waals surface area contributed by atoms with Crippen molar-refractivity contribution in [3.63, 3.8) is 0 Å². The Balaban J connectivity index is 1.72. The second kappa shape index (κ2) is 5.57. The molecular weight excluding hydrogens is 288 g/mol. The van der Waals surface area contributed by atoms with E-state index in [4.69, 9.17) is 10.2 Å². The number of aromatic nitrogens is 5. The topological polar surface area (TPSA) is 95.6 Å². The molecule has 0 radical (unpaired) electrons. The van der Waals surface area contributed by atoms with Crippen LogP contribution in [0, 0.1) is 6.92 Å². The van der Waals surface area contributed by atoms with Crippen LogP contribution in [-0.4, -0.2) is 25.0 Å². The molecule has 0 aliphatic heterocycles. The first-order valence-electron chi connectivity index (χ1n) is 6.30. The smallest absolute Gasteiger partial charge is 0.247 e. The average molecular weight is 302 g/mol. The first-order chi connectivity index (χ1) is 10.1. The minimum Gasteiger partial charge on any atom is -0.420 e. The first-order valence-corrected chi connectivity index (χ1v) is 7.29. The van der Waals surface area contributed by atoms with Crippen LogP contribution in [0.2, 0.25) is 0 Å². The Morgan fingerprint density at radius 3 is 2.81 bits per heavy atom. The maximum Gasteiger partial charge on any atom is 0.247 e. The number of rotatable bonds is 4. The third-order valence-corrected chi connectivity index (χ3v) is 3.93.